The summed E-state index contributed by atoms with van der Waals surface area (Å²) in [6.07, 6.45) is 2.50. The van der Waals surface area contributed by atoms with Gasteiger partial charge in [0, 0.05) is 24.7 Å². The fourth-order valence-corrected chi connectivity index (χ4v) is 2.68. The van der Waals surface area contributed by atoms with Crippen LogP contribution in [0.4, 0.5) is 0 Å². The minimum absolute atomic E-state index is 0.386. The van der Waals surface area contributed by atoms with E-state index in [1.807, 2.05) is 0 Å². The van der Waals surface area contributed by atoms with Gasteiger partial charge < -0.3 is 5.73 Å². The molecular weight excluding hydrogens is 160 g/mol. The molecule has 2 aliphatic rings. The number of nitrogens with zero attached hydrogens (tertiary/aromatic N) is 1. The van der Waals surface area contributed by atoms with E-state index in [0.29, 0.717) is 11.6 Å². The third-order valence-corrected chi connectivity index (χ3v) is 4.34. The SMILES string of the molecule is CCC(C)(C)N1CC2CC(N)C2C1. The second-order valence-electron chi connectivity index (χ2n) is 5.39. The van der Waals surface area contributed by atoms with E-state index < -0.39 is 0 Å². The normalized spacial score (nSPS) is 40.2. The molecule has 1 aliphatic carbocycles. The third-order valence-electron chi connectivity index (χ3n) is 4.34. The summed E-state index contributed by atoms with van der Waals surface area (Å²) in [5, 5.41) is 0. The minimum Gasteiger partial charge on any atom is -0.327 e. The third kappa shape index (κ3) is 1.40. The van der Waals surface area contributed by atoms with Gasteiger partial charge in [-0.1, -0.05) is 6.92 Å². The molecule has 13 heavy (non-hydrogen) atoms. The predicted molar refractivity (Wildman–Crippen MR) is 55.5 cm³/mol. The van der Waals surface area contributed by atoms with E-state index in [1.165, 1.54) is 25.9 Å². The highest BCUT2D eigenvalue weighted by Crippen LogP contribution is 2.42. The van der Waals surface area contributed by atoms with Gasteiger partial charge in [0.05, 0.1) is 0 Å². The van der Waals surface area contributed by atoms with E-state index in [4.69, 9.17) is 5.73 Å². The van der Waals surface area contributed by atoms with Crippen LogP contribution in [-0.4, -0.2) is 29.6 Å². The molecule has 1 heterocycles. The smallest absolute Gasteiger partial charge is 0.0150 e. The van der Waals surface area contributed by atoms with Gasteiger partial charge >= 0.3 is 0 Å². The Morgan fingerprint density at radius 1 is 1.38 bits per heavy atom. The molecule has 0 aromatic rings. The van der Waals surface area contributed by atoms with Gasteiger partial charge in [0.15, 0.2) is 0 Å². The van der Waals surface area contributed by atoms with E-state index in [2.05, 4.69) is 25.7 Å². The highest BCUT2D eigenvalue weighted by atomic mass is 15.2. The molecule has 0 amide bonds. The first kappa shape index (κ1) is 9.47. The van der Waals surface area contributed by atoms with Crippen molar-refractivity contribution in [1.82, 2.24) is 4.90 Å². The summed E-state index contributed by atoms with van der Waals surface area (Å²) in [7, 11) is 0. The molecule has 0 aromatic carbocycles. The van der Waals surface area contributed by atoms with Crippen LogP contribution in [0.15, 0.2) is 0 Å². The van der Waals surface area contributed by atoms with Crippen molar-refractivity contribution < 1.29 is 0 Å². The second kappa shape index (κ2) is 2.96. The van der Waals surface area contributed by atoms with Crippen LogP contribution in [0.3, 0.4) is 0 Å². The van der Waals surface area contributed by atoms with Crippen LogP contribution in [0.5, 0.6) is 0 Å². The summed E-state index contributed by atoms with van der Waals surface area (Å²) in [5.74, 6) is 1.73. The summed E-state index contributed by atoms with van der Waals surface area (Å²) in [6, 6.07) is 0.502. The second-order valence-corrected chi connectivity index (χ2v) is 5.39. The molecule has 3 atom stereocenters. The van der Waals surface area contributed by atoms with E-state index in [0.717, 1.165) is 11.8 Å². The first-order valence-corrected chi connectivity index (χ1v) is 5.55. The Morgan fingerprint density at radius 2 is 2.08 bits per heavy atom. The van der Waals surface area contributed by atoms with Crippen LogP contribution in [0.25, 0.3) is 0 Å². The van der Waals surface area contributed by atoms with Crippen molar-refractivity contribution in [3.05, 3.63) is 0 Å². The van der Waals surface area contributed by atoms with E-state index >= 15 is 0 Å². The van der Waals surface area contributed by atoms with Crippen molar-refractivity contribution in [2.75, 3.05) is 13.1 Å². The molecule has 2 heteroatoms. The number of hydrogen-bond donors (Lipinski definition) is 1. The van der Waals surface area contributed by atoms with E-state index in [9.17, 15) is 0 Å². The lowest BCUT2D eigenvalue weighted by atomic mass is 9.72. The standard InChI is InChI=1S/C11H22N2/c1-4-11(2,3)13-6-8-5-10(12)9(8)7-13/h8-10H,4-7,12H2,1-3H3. The van der Waals surface area contributed by atoms with Crippen LogP contribution in [-0.2, 0) is 0 Å². The molecule has 2 N–H and O–H groups in total. The topological polar surface area (TPSA) is 29.3 Å². The molecule has 76 valence electrons. The van der Waals surface area contributed by atoms with Crippen LogP contribution in [0, 0.1) is 11.8 Å². The van der Waals surface area contributed by atoms with Crippen molar-refractivity contribution in [2.45, 2.75) is 45.2 Å². The Kier molecular flexibility index (Phi) is 2.16. The Bertz CT molecular complexity index is 200. The number of fused-ring (bicyclic) bond motifs is 1. The summed E-state index contributed by atoms with van der Waals surface area (Å²) >= 11 is 0. The van der Waals surface area contributed by atoms with Gasteiger partial charge in [-0.05, 0) is 38.5 Å². The highest BCUT2D eigenvalue weighted by molar-refractivity contribution is 5.02. The van der Waals surface area contributed by atoms with Gasteiger partial charge in [-0.3, -0.25) is 4.90 Å². The van der Waals surface area contributed by atoms with Crippen molar-refractivity contribution in [2.24, 2.45) is 17.6 Å². The molecule has 0 radical (unpaired) electrons. The maximum atomic E-state index is 5.98. The molecule has 3 unspecified atom stereocenters. The fraction of sp³-hybridized carbons (Fsp3) is 1.00. The van der Waals surface area contributed by atoms with Crippen molar-refractivity contribution >= 4 is 0 Å². The molecule has 1 saturated carbocycles. The van der Waals surface area contributed by atoms with Crippen molar-refractivity contribution in [3.8, 4) is 0 Å². The van der Waals surface area contributed by atoms with Crippen molar-refractivity contribution in [3.63, 3.8) is 0 Å². The van der Waals surface area contributed by atoms with E-state index in [-0.39, 0.29) is 0 Å². The maximum Gasteiger partial charge on any atom is 0.0150 e. The zero-order valence-electron chi connectivity index (χ0n) is 9.09. The van der Waals surface area contributed by atoms with Crippen LogP contribution in [0.1, 0.15) is 33.6 Å². The Labute approximate surface area is 81.5 Å². The molecule has 1 saturated heterocycles. The zero-order valence-corrected chi connectivity index (χ0v) is 9.09. The molecule has 2 rings (SSSR count). The number of nitrogens with two attached hydrogens (primary N) is 1. The molecule has 0 bridgehead atoms. The molecule has 0 spiro atoms. The molecule has 0 aromatic heterocycles. The lowest BCUT2D eigenvalue weighted by molar-refractivity contribution is 0.144. The zero-order chi connectivity index (χ0) is 9.64. The number of hydrogen-bond acceptors (Lipinski definition) is 2. The lowest BCUT2D eigenvalue weighted by Crippen LogP contribution is -2.46. The average Bonchev–Trinajstić information content (AvgIpc) is 2.43. The first-order chi connectivity index (χ1) is 6.04. The summed E-state index contributed by atoms with van der Waals surface area (Å²) in [6.45, 7) is 9.51. The molecule has 2 nitrogen and oxygen atoms in total. The average molecular weight is 182 g/mol. The van der Waals surface area contributed by atoms with Crippen LogP contribution < -0.4 is 5.73 Å². The summed E-state index contributed by atoms with van der Waals surface area (Å²) in [4.78, 5) is 2.63. The van der Waals surface area contributed by atoms with Gasteiger partial charge in [-0.15, -0.1) is 0 Å². The largest absolute Gasteiger partial charge is 0.327 e. The maximum absolute atomic E-state index is 5.98. The van der Waals surface area contributed by atoms with Crippen molar-refractivity contribution in [1.29, 1.82) is 0 Å². The molecular formula is C11H22N2. The summed E-state index contributed by atoms with van der Waals surface area (Å²) in [5.41, 5.74) is 6.37. The Hall–Kier alpha value is -0.0800. The van der Waals surface area contributed by atoms with Gasteiger partial charge in [-0.25, -0.2) is 0 Å². The van der Waals surface area contributed by atoms with Gasteiger partial charge in [0.25, 0.3) is 0 Å². The predicted octanol–water partition coefficient (Wildman–Crippen LogP) is 1.45. The fourth-order valence-electron chi connectivity index (χ4n) is 2.68. The highest BCUT2D eigenvalue weighted by Gasteiger charge is 2.47. The quantitative estimate of drug-likeness (QED) is 0.700. The minimum atomic E-state index is 0.386. The first-order valence-electron chi connectivity index (χ1n) is 5.55. The van der Waals surface area contributed by atoms with Crippen LogP contribution in [0.2, 0.25) is 0 Å². The Morgan fingerprint density at radius 3 is 2.54 bits per heavy atom. The van der Waals surface area contributed by atoms with Gasteiger partial charge in [0.1, 0.15) is 0 Å². The Balaban J connectivity index is 1.98. The van der Waals surface area contributed by atoms with E-state index in [1.54, 1.807) is 0 Å². The molecule has 2 fully saturated rings. The summed E-state index contributed by atoms with van der Waals surface area (Å²) < 4.78 is 0. The monoisotopic (exact) mass is 182 g/mol. The molecule has 1 aliphatic heterocycles. The lowest BCUT2D eigenvalue weighted by Gasteiger charge is -2.36. The van der Waals surface area contributed by atoms with Gasteiger partial charge in [0.2, 0.25) is 0 Å². The number of rotatable bonds is 2. The number of likely N-dealkylation sites (tertiary alicyclic amines) is 1. The van der Waals surface area contributed by atoms with Crippen LogP contribution >= 0.6 is 0 Å². The van der Waals surface area contributed by atoms with Gasteiger partial charge in [-0.2, -0.15) is 0 Å².